The van der Waals surface area contributed by atoms with Crippen LogP contribution in [0.4, 0.5) is 5.69 Å². The van der Waals surface area contributed by atoms with Gasteiger partial charge in [-0.25, -0.2) is 8.42 Å². The summed E-state index contributed by atoms with van der Waals surface area (Å²) in [6, 6.07) is 13.2. The Morgan fingerprint density at radius 2 is 1.96 bits per heavy atom. The van der Waals surface area contributed by atoms with E-state index in [9.17, 15) is 13.2 Å². The van der Waals surface area contributed by atoms with Crippen LogP contribution >= 0.6 is 0 Å². The van der Waals surface area contributed by atoms with Crippen molar-refractivity contribution in [2.45, 2.75) is 37.2 Å². The van der Waals surface area contributed by atoms with Gasteiger partial charge >= 0.3 is 0 Å². The molecular weight excluding hydrogens is 364 g/mol. The highest BCUT2D eigenvalue weighted by Gasteiger charge is 2.36. The number of amides is 1. The predicted molar refractivity (Wildman–Crippen MR) is 105 cm³/mol. The zero-order valence-corrected chi connectivity index (χ0v) is 16.5. The molecule has 7 heteroatoms. The summed E-state index contributed by atoms with van der Waals surface area (Å²) >= 11 is 0. The minimum atomic E-state index is -3.64. The van der Waals surface area contributed by atoms with Gasteiger partial charge in [0.2, 0.25) is 0 Å². The van der Waals surface area contributed by atoms with Crippen molar-refractivity contribution in [1.29, 1.82) is 0 Å². The van der Waals surface area contributed by atoms with Gasteiger partial charge in [-0.05, 0) is 56.2 Å². The van der Waals surface area contributed by atoms with Crippen molar-refractivity contribution in [2.75, 3.05) is 18.0 Å². The van der Waals surface area contributed by atoms with Crippen molar-refractivity contribution >= 4 is 21.6 Å². The number of carbonyl (C=O) groups is 1. The average molecular weight is 388 g/mol. The average Bonchev–Trinajstić information content (AvgIpc) is 2.98. The summed E-state index contributed by atoms with van der Waals surface area (Å²) in [5.41, 5.74) is 2.00. The molecule has 1 aliphatic rings. The molecule has 0 spiro atoms. The van der Waals surface area contributed by atoms with Gasteiger partial charge in [0.05, 0.1) is 17.2 Å². The molecule has 0 saturated carbocycles. The Morgan fingerprint density at radius 3 is 2.63 bits per heavy atom. The van der Waals surface area contributed by atoms with Crippen LogP contribution in [0.3, 0.4) is 0 Å². The number of carbonyl (C=O) groups excluding carboxylic acids is 1. The molecule has 1 aliphatic heterocycles. The van der Waals surface area contributed by atoms with Crippen LogP contribution in [0, 0.1) is 0 Å². The maximum atomic E-state index is 13.1. The molecule has 3 rings (SSSR count). The first-order valence-electron chi connectivity index (χ1n) is 8.87. The number of ether oxygens (including phenoxy) is 1. The molecule has 0 aliphatic carbocycles. The Morgan fingerprint density at radius 1 is 1.26 bits per heavy atom. The monoisotopic (exact) mass is 388 g/mol. The predicted octanol–water partition coefficient (Wildman–Crippen LogP) is 2.59. The SMILES string of the molecule is COC[C@H](C)NC(=O)c1ccc2c(c1)C[C@H](C)N2S(=O)(=O)c1ccccc1. The number of anilines is 1. The van der Waals surface area contributed by atoms with Crippen LogP contribution < -0.4 is 9.62 Å². The fourth-order valence-corrected chi connectivity index (χ4v) is 5.13. The lowest BCUT2D eigenvalue weighted by Crippen LogP contribution is -2.36. The Hall–Kier alpha value is -2.38. The van der Waals surface area contributed by atoms with Crippen LogP contribution in [0.25, 0.3) is 0 Å². The standard InChI is InChI=1S/C20H24N2O4S/c1-14(13-26-3)21-20(23)16-9-10-19-17(12-16)11-15(2)22(19)27(24,25)18-7-5-4-6-8-18/h4-10,12,14-15H,11,13H2,1-3H3,(H,21,23)/t14-,15-/m0/s1. The van der Waals surface area contributed by atoms with Crippen molar-refractivity contribution in [1.82, 2.24) is 5.32 Å². The number of benzene rings is 2. The molecule has 0 saturated heterocycles. The summed E-state index contributed by atoms with van der Waals surface area (Å²) in [4.78, 5) is 12.7. The minimum absolute atomic E-state index is 0.107. The topological polar surface area (TPSA) is 75.7 Å². The van der Waals surface area contributed by atoms with Crippen LogP contribution in [0.1, 0.15) is 29.8 Å². The summed E-state index contributed by atoms with van der Waals surface area (Å²) in [5.74, 6) is -0.195. The Kier molecular flexibility index (Phi) is 5.53. The van der Waals surface area contributed by atoms with Crippen LogP contribution in [0.5, 0.6) is 0 Å². The van der Waals surface area contributed by atoms with Crippen molar-refractivity contribution < 1.29 is 17.9 Å². The number of nitrogens with one attached hydrogen (secondary N) is 1. The van der Waals surface area contributed by atoms with E-state index >= 15 is 0 Å². The third-order valence-corrected chi connectivity index (χ3v) is 6.53. The van der Waals surface area contributed by atoms with Crippen molar-refractivity contribution in [2.24, 2.45) is 0 Å². The third kappa shape index (κ3) is 3.84. The van der Waals surface area contributed by atoms with E-state index in [1.54, 1.807) is 55.6 Å². The molecule has 0 unspecified atom stereocenters. The highest BCUT2D eigenvalue weighted by atomic mass is 32.2. The molecule has 2 aromatic rings. The van der Waals surface area contributed by atoms with Crippen LogP contribution in [-0.2, 0) is 21.2 Å². The Balaban J connectivity index is 1.89. The quantitative estimate of drug-likeness (QED) is 0.825. The van der Waals surface area contributed by atoms with Crippen molar-refractivity contribution in [3.05, 3.63) is 59.7 Å². The maximum Gasteiger partial charge on any atom is 0.264 e. The summed E-state index contributed by atoms with van der Waals surface area (Å²) in [6.45, 7) is 4.17. The molecule has 1 N–H and O–H groups in total. The summed E-state index contributed by atoms with van der Waals surface area (Å²) < 4.78 is 32.6. The zero-order valence-electron chi connectivity index (χ0n) is 15.7. The third-order valence-electron chi connectivity index (χ3n) is 4.59. The molecule has 1 heterocycles. The number of rotatable bonds is 6. The smallest absolute Gasteiger partial charge is 0.264 e. The van der Waals surface area contributed by atoms with Crippen molar-refractivity contribution in [3.63, 3.8) is 0 Å². The van der Waals surface area contributed by atoms with Gasteiger partial charge in [-0.15, -0.1) is 0 Å². The van der Waals surface area contributed by atoms with E-state index < -0.39 is 10.0 Å². The molecule has 27 heavy (non-hydrogen) atoms. The molecule has 0 bridgehead atoms. The first-order chi connectivity index (χ1) is 12.8. The number of methoxy groups -OCH3 is 1. The molecule has 0 fully saturated rings. The highest BCUT2D eigenvalue weighted by Crippen LogP contribution is 2.37. The second-order valence-electron chi connectivity index (χ2n) is 6.84. The van der Waals surface area contributed by atoms with E-state index in [-0.39, 0.29) is 22.9 Å². The van der Waals surface area contributed by atoms with E-state index in [0.717, 1.165) is 5.56 Å². The largest absolute Gasteiger partial charge is 0.383 e. The van der Waals surface area contributed by atoms with E-state index in [2.05, 4.69) is 5.32 Å². The minimum Gasteiger partial charge on any atom is -0.383 e. The van der Waals surface area contributed by atoms with Gasteiger partial charge in [0.15, 0.2) is 0 Å². The van der Waals surface area contributed by atoms with Gasteiger partial charge in [0.25, 0.3) is 15.9 Å². The fourth-order valence-electron chi connectivity index (χ4n) is 3.42. The molecule has 1 amide bonds. The molecule has 0 radical (unpaired) electrons. The lowest BCUT2D eigenvalue weighted by atomic mass is 10.1. The zero-order chi connectivity index (χ0) is 19.6. The number of hydrogen-bond acceptors (Lipinski definition) is 4. The van der Waals surface area contributed by atoms with Crippen LogP contribution in [-0.4, -0.2) is 40.1 Å². The first-order valence-corrected chi connectivity index (χ1v) is 10.3. The Labute approximate surface area is 160 Å². The van der Waals surface area contributed by atoms with E-state index in [1.807, 2.05) is 13.8 Å². The maximum absolute atomic E-state index is 13.1. The van der Waals surface area contributed by atoms with Crippen molar-refractivity contribution in [3.8, 4) is 0 Å². The normalized spacial score (nSPS) is 17.4. The molecule has 2 atom stereocenters. The summed E-state index contributed by atoms with van der Waals surface area (Å²) in [7, 11) is -2.06. The van der Waals surface area contributed by atoms with E-state index in [1.165, 1.54) is 4.31 Å². The van der Waals surface area contributed by atoms with Crippen LogP contribution in [0.15, 0.2) is 53.4 Å². The number of sulfonamides is 1. The van der Waals surface area contributed by atoms with Gasteiger partial charge in [-0.2, -0.15) is 0 Å². The molecular formula is C20H24N2O4S. The van der Waals surface area contributed by atoms with Gasteiger partial charge in [-0.1, -0.05) is 18.2 Å². The second kappa shape index (κ2) is 7.70. The highest BCUT2D eigenvalue weighted by molar-refractivity contribution is 7.92. The number of hydrogen-bond donors (Lipinski definition) is 1. The first kappa shape index (κ1) is 19.4. The molecule has 144 valence electrons. The summed E-state index contributed by atoms with van der Waals surface area (Å²) in [5, 5.41) is 2.87. The molecule has 6 nitrogen and oxygen atoms in total. The second-order valence-corrected chi connectivity index (χ2v) is 8.66. The molecule has 0 aromatic heterocycles. The molecule has 2 aromatic carbocycles. The van der Waals surface area contributed by atoms with E-state index in [4.69, 9.17) is 4.74 Å². The number of nitrogens with zero attached hydrogens (tertiary/aromatic N) is 1. The van der Waals surface area contributed by atoms with Gasteiger partial charge in [-0.3, -0.25) is 9.10 Å². The van der Waals surface area contributed by atoms with E-state index in [0.29, 0.717) is 24.3 Å². The summed E-state index contributed by atoms with van der Waals surface area (Å²) in [6.07, 6.45) is 0.566. The fraction of sp³-hybridized carbons (Fsp3) is 0.350. The van der Waals surface area contributed by atoms with Crippen LogP contribution in [0.2, 0.25) is 0 Å². The van der Waals surface area contributed by atoms with Gasteiger partial charge in [0, 0.05) is 24.8 Å². The van der Waals surface area contributed by atoms with Gasteiger partial charge in [0.1, 0.15) is 0 Å². The lowest BCUT2D eigenvalue weighted by Gasteiger charge is -2.24. The lowest BCUT2D eigenvalue weighted by molar-refractivity contribution is 0.0905. The van der Waals surface area contributed by atoms with Gasteiger partial charge < -0.3 is 10.1 Å². The Bertz CT molecular complexity index is 928. The number of fused-ring (bicyclic) bond motifs is 1.